The van der Waals surface area contributed by atoms with Crippen LogP contribution in [-0.2, 0) is 0 Å². The third-order valence-electron chi connectivity index (χ3n) is 2.51. The molecule has 19 heavy (non-hydrogen) atoms. The number of ether oxygens (including phenoxy) is 1. The third kappa shape index (κ3) is 3.49. The van der Waals surface area contributed by atoms with Crippen LogP contribution in [-0.4, -0.2) is 10.7 Å². The second kappa shape index (κ2) is 6.59. The molecule has 2 nitrogen and oxygen atoms in total. The summed E-state index contributed by atoms with van der Waals surface area (Å²) < 4.78 is 5.88. The van der Waals surface area contributed by atoms with Crippen LogP contribution in [0.4, 0.5) is 0 Å². The van der Waals surface area contributed by atoms with Crippen molar-refractivity contribution in [2.75, 3.05) is 5.75 Å². The van der Waals surface area contributed by atoms with E-state index in [1.165, 1.54) is 0 Å². The van der Waals surface area contributed by atoms with Crippen molar-refractivity contribution in [1.29, 1.82) is 0 Å². The van der Waals surface area contributed by atoms with Gasteiger partial charge in [0.15, 0.2) is 0 Å². The summed E-state index contributed by atoms with van der Waals surface area (Å²) in [7, 11) is 0. The summed E-state index contributed by atoms with van der Waals surface area (Å²) >= 11 is 6.86. The smallest absolute Gasteiger partial charge is 0.138 e. The summed E-state index contributed by atoms with van der Waals surface area (Å²) in [5.74, 6) is 2.44. The van der Waals surface area contributed by atoms with E-state index in [2.05, 4.69) is 6.92 Å². The minimum absolute atomic E-state index is 0.363. The van der Waals surface area contributed by atoms with E-state index in [1.54, 1.807) is 11.8 Å². The summed E-state index contributed by atoms with van der Waals surface area (Å²) in [4.78, 5) is 1.42. The lowest BCUT2D eigenvalue weighted by Crippen LogP contribution is -2.12. The molecule has 0 bridgehead atoms. The van der Waals surface area contributed by atoms with Crippen molar-refractivity contribution in [2.24, 2.45) is 5.73 Å². The monoisotopic (exact) mass is 289 g/mol. The van der Waals surface area contributed by atoms with Crippen molar-refractivity contribution < 1.29 is 4.74 Å². The zero-order valence-corrected chi connectivity index (χ0v) is 12.3. The molecule has 0 saturated heterocycles. The molecule has 0 atom stereocenters. The zero-order chi connectivity index (χ0) is 13.7. The fraction of sp³-hybridized carbons (Fsp3) is 0.133. The van der Waals surface area contributed by atoms with E-state index in [4.69, 9.17) is 22.7 Å². The Morgan fingerprint density at radius 3 is 2.53 bits per heavy atom. The summed E-state index contributed by atoms with van der Waals surface area (Å²) in [6, 6.07) is 15.5. The standard InChI is InChI=1S/C15H15NOS2/c1-2-19-13-10-6-9-12(14(13)15(16)18)17-11-7-4-3-5-8-11/h3-10H,2H2,1H3,(H2,16,18). The van der Waals surface area contributed by atoms with Crippen LogP contribution in [0.25, 0.3) is 0 Å². The molecule has 98 valence electrons. The van der Waals surface area contributed by atoms with Gasteiger partial charge in [-0.1, -0.05) is 43.4 Å². The Morgan fingerprint density at radius 2 is 1.89 bits per heavy atom. The number of para-hydroxylation sites is 1. The van der Waals surface area contributed by atoms with Gasteiger partial charge < -0.3 is 10.5 Å². The molecule has 2 aromatic carbocycles. The first-order valence-electron chi connectivity index (χ1n) is 6.01. The van der Waals surface area contributed by atoms with Gasteiger partial charge in [-0.3, -0.25) is 0 Å². The summed E-state index contributed by atoms with van der Waals surface area (Å²) in [5.41, 5.74) is 6.65. The van der Waals surface area contributed by atoms with Gasteiger partial charge in [0.05, 0.1) is 5.56 Å². The third-order valence-corrected chi connectivity index (χ3v) is 3.65. The van der Waals surface area contributed by atoms with E-state index in [0.717, 1.165) is 22.0 Å². The van der Waals surface area contributed by atoms with E-state index in [0.29, 0.717) is 10.7 Å². The van der Waals surface area contributed by atoms with Crippen LogP contribution in [0.15, 0.2) is 53.4 Å². The molecule has 0 unspecified atom stereocenters. The number of hydrogen-bond donors (Lipinski definition) is 1. The topological polar surface area (TPSA) is 35.2 Å². The maximum absolute atomic E-state index is 5.88. The highest BCUT2D eigenvalue weighted by Gasteiger charge is 2.12. The molecular weight excluding hydrogens is 274 g/mol. The highest BCUT2D eigenvalue weighted by Crippen LogP contribution is 2.32. The number of nitrogens with two attached hydrogens (primary N) is 1. The van der Waals surface area contributed by atoms with Crippen molar-refractivity contribution >= 4 is 29.0 Å². The molecule has 0 aliphatic heterocycles. The predicted octanol–water partition coefficient (Wildman–Crippen LogP) is 4.23. The van der Waals surface area contributed by atoms with Gasteiger partial charge in [0.1, 0.15) is 16.5 Å². The quantitative estimate of drug-likeness (QED) is 0.660. The molecule has 0 radical (unpaired) electrons. The Balaban J connectivity index is 2.39. The van der Waals surface area contributed by atoms with Gasteiger partial charge in [-0.05, 0) is 30.0 Å². The second-order valence-corrected chi connectivity index (χ2v) is 5.59. The van der Waals surface area contributed by atoms with Crippen LogP contribution in [0.1, 0.15) is 12.5 Å². The predicted molar refractivity (Wildman–Crippen MR) is 85.2 cm³/mol. The van der Waals surface area contributed by atoms with Crippen LogP contribution in [0.2, 0.25) is 0 Å². The highest BCUT2D eigenvalue weighted by molar-refractivity contribution is 7.99. The maximum atomic E-state index is 5.88. The molecule has 2 rings (SSSR count). The largest absolute Gasteiger partial charge is 0.457 e. The minimum atomic E-state index is 0.363. The van der Waals surface area contributed by atoms with Crippen molar-refractivity contribution in [3.63, 3.8) is 0 Å². The number of hydrogen-bond acceptors (Lipinski definition) is 3. The van der Waals surface area contributed by atoms with Crippen LogP contribution in [0.3, 0.4) is 0 Å². The SMILES string of the molecule is CCSc1cccc(Oc2ccccc2)c1C(N)=S. The van der Waals surface area contributed by atoms with Gasteiger partial charge in [-0.15, -0.1) is 11.8 Å². The molecule has 0 saturated carbocycles. The molecule has 0 spiro atoms. The molecule has 0 aliphatic carbocycles. The van der Waals surface area contributed by atoms with Crippen LogP contribution in [0, 0.1) is 0 Å². The lowest BCUT2D eigenvalue weighted by molar-refractivity contribution is 0.480. The molecule has 0 heterocycles. The zero-order valence-electron chi connectivity index (χ0n) is 10.6. The number of rotatable bonds is 5. The normalized spacial score (nSPS) is 10.2. The fourth-order valence-corrected chi connectivity index (χ4v) is 2.85. The molecule has 0 aromatic heterocycles. The Morgan fingerprint density at radius 1 is 1.16 bits per heavy atom. The minimum Gasteiger partial charge on any atom is -0.457 e. The van der Waals surface area contributed by atoms with Crippen LogP contribution < -0.4 is 10.5 Å². The number of thioether (sulfide) groups is 1. The molecule has 2 N–H and O–H groups in total. The Hall–Kier alpha value is -1.52. The maximum Gasteiger partial charge on any atom is 0.138 e. The summed E-state index contributed by atoms with van der Waals surface area (Å²) in [5, 5.41) is 0. The molecule has 0 amide bonds. The lowest BCUT2D eigenvalue weighted by Gasteiger charge is -2.13. The number of thiocarbonyl (C=S) groups is 1. The van der Waals surface area contributed by atoms with Gasteiger partial charge in [-0.2, -0.15) is 0 Å². The average Bonchev–Trinajstić information content (AvgIpc) is 2.40. The summed E-state index contributed by atoms with van der Waals surface area (Å²) in [6.07, 6.45) is 0. The van der Waals surface area contributed by atoms with Gasteiger partial charge in [0.25, 0.3) is 0 Å². The van der Waals surface area contributed by atoms with E-state index >= 15 is 0 Å². The first-order valence-corrected chi connectivity index (χ1v) is 7.40. The van der Waals surface area contributed by atoms with Crippen molar-refractivity contribution in [3.8, 4) is 11.5 Å². The Labute approximate surface area is 123 Å². The fourth-order valence-electron chi connectivity index (χ4n) is 1.73. The van der Waals surface area contributed by atoms with E-state index in [9.17, 15) is 0 Å². The summed E-state index contributed by atoms with van der Waals surface area (Å²) in [6.45, 7) is 2.10. The van der Waals surface area contributed by atoms with Crippen LogP contribution >= 0.6 is 24.0 Å². The Kier molecular flexibility index (Phi) is 4.82. The average molecular weight is 289 g/mol. The first kappa shape index (κ1) is 13.9. The first-order chi connectivity index (χ1) is 9.22. The Bertz CT molecular complexity index is 570. The van der Waals surface area contributed by atoms with Gasteiger partial charge in [0.2, 0.25) is 0 Å². The van der Waals surface area contributed by atoms with Crippen molar-refractivity contribution in [2.45, 2.75) is 11.8 Å². The van der Waals surface area contributed by atoms with E-state index < -0.39 is 0 Å². The van der Waals surface area contributed by atoms with Gasteiger partial charge in [-0.25, -0.2) is 0 Å². The molecule has 2 aromatic rings. The second-order valence-electron chi connectivity index (χ2n) is 3.84. The molecular formula is C15H15NOS2. The van der Waals surface area contributed by atoms with Gasteiger partial charge >= 0.3 is 0 Å². The molecule has 0 fully saturated rings. The van der Waals surface area contributed by atoms with Gasteiger partial charge in [0, 0.05) is 4.90 Å². The molecule has 4 heteroatoms. The van der Waals surface area contributed by atoms with E-state index in [-0.39, 0.29) is 0 Å². The van der Waals surface area contributed by atoms with Crippen molar-refractivity contribution in [1.82, 2.24) is 0 Å². The van der Waals surface area contributed by atoms with Crippen LogP contribution in [0.5, 0.6) is 11.5 Å². The highest BCUT2D eigenvalue weighted by atomic mass is 32.2. The van der Waals surface area contributed by atoms with Crippen molar-refractivity contribution in [3.05, 3.63) is 54.1 Å². The molecule has 0 aliphatic rings. The number of benzene rings is 2. The van der Waals surface area contributed by atoms with E-state index in [1.807, 2.05) is 48.5 Å². The lowest BCUT2D eigenvalue weighted by atomic mass is 10.2.